The molecule has 7 nitrogen and oxygen atoms in total. The molecule has 39 heavy (non-hydrogen) atoms. The summed E-state index contributed by atoms with van der Waals surface area (Å²) in [5.74, 6) is -2.04. The van der Waals surface area contributed by atoms with Crippen molar-refractivity contribution in [1.82, 2.24) is 15.5 Å². The van der Waals surface area contributed by atoms with E-state index >= 15 is 4.39 Å². The summed E-state index contributed by atoms with van der Waals surface area (Å²) in [6.07, 6.45) is 0.568. The highest BCUT2D eigenvalue weighted by molar-refractivity contribution is 6.31. The monoisotopic (exact) mass is 576 g/mol. The smallest absolute Gasteiger partial charge is 0.237 e. The average molecular weight is 578 g/mol. The van der Waals surface area contributed by atoms with E-state index in [1.165, 1.54) is 6.07 Å². The third-order valence-electron chi connectivity index (χ3n) is 8.05. The van der Waals surface area contributed by atoms with Crippen molar-refractivity contribution in [3.63, 3.8) is 0 Å². The lowest BCUT2D eigenvalue weighted by Gasteiger charge is -2.37. The molecule has 0 saturated carbocycles. The van der Waals surface area contributed by atoms with Crippen LogP contribution in [-0.2, 0) is 19.7 Å². The fourth-order valence-corrected chi connectivity index (χ4v) is 6.78. The van der Waals surface area contributed by atoms with E-state index in [-0.39, 0.29) is 27.8 Å². The van der Waals surface area contributed by atoms with Gasteiger partial charge in [0.05, 0.1) is 24.3 Å². The number of rotatable bonds is 6. The van der Waals surface area contributed by atoms with Crippen molar-refractivity contribution in [2.45, 2.75) is 50.6 Å². The summed E-state index contributed by atoms with van der Waals surface area (Å²) in [5, 5.41) is 9.98. The van der Waals surface area contributed by atoms with Crippen LogP contribution >= 0.6 is 23.2 Å². The van der Waals surface area contributed by atoms with Gasteiger partial charge < -0.3 is 20.7 Å². The molecule has 2 aromatic carbocycles. The van der Waals surface area contributed by atoms with Gasteiger partial charge in [0.15, 0.2) is 0 Å². The summed E-state index contributed by atoms with van der Waals surface area (Å²) < 4.78 is 21.2. The largest absolute Gasteiger partial charge is 0.379 e. The van der Waals surface area contributed by atoms with Gasteiger partial charge in [-0.15, -0.1) is 0 Å². The summed E-state index contributed by atoms with van der Waals surface area (Å²) >= 11 is 12.5. The second kappa shape index (κ2) is 11.0. The fraction of sp³-hybridized carbons (Fsp3) is 0.517. The van der Waals surface area contributed by atoms with Crippen LogP contribution in [0.4, 0.5) is 10.1 Å². The van der Waals surface area contributed by atoms with E-state index < -0.39 is 29.2 Å². The first kappa shape index (κ1) is 28.3. The lowest BCUT2D eigenvalue weighted by Crippen LogP contribution is -2.49. The molecule has 2 aromatic rings. The van der Waals surface area contributed by atoms with E-state index in [0.29, 0.717) is 49.0 Å². The van der Waals surface area contributed by atoms with Gasteiger partial charge in [-0.2, -0.15) is 0 Å². The number of hydrogen-bond donors (Lipinski definition) is 3. The van der Waals surface area contributed by atoms with E-state index in [9.17, 15) is 9.59 Å². The number of morpholine rings is 1. The zero-order valence-electron chi connectivity index (χ0n) is 22.5. The van der Waals surface area contributed by atoms with Crippen LogP contribution in [0, 0.1) is 11.2 Å². The molecule has 0 unspecified atom stereocenters. The Morgan fingerprint density at radius 3 is 2.67 bits per heavy atom. The number of fused-ring (bicyclic) bond motifs is 2. The minimum absolute atomic E-state index is 0.0527. The van der Waals surface area contributed by atoms with Crippen LogP contribution in [0.15, 0.2) is 36.4 Å². The van der Waals surface area contributed by atoms with Gasteiger partial charge in [-0.1, -0.05) is 62.2 Å². The lowest BCUT2D eigenvalue weighted by atomic mass is 9.62. The highest BCUT2D eigenvalue weighted by atomic mass is 35.5. The average Bonchev–Trinajstić information content (AvgIpc) is 3.35. The van der Waals surface area contributed by atoms with Crippen molar-refractivity contribution < 1.29 is 18.7 Å². The van der Waals surface area contributed by atoms with Gasteiger partial charge in [0.2, 0.25) is 11.8 Å². The molecule has 5 rings (SSSR count). The fourth-order valence-electron chi connectivity index (χ4n) is 6.42. The number of anilines is 1. The number of hydrogen-bond acceptors (Lipinski definition) is 5. The third-order valence-corrected chi connectivity index (χ3v) is 8.58. The Morgan fingerprint density at radius 1 is 1.21 bits per heavy atom. The third kappa shape index (κ3) is 5.30. The van der Waals surface area contributed by atoms with E-state index in [4.69, 9.17) is 27.9 Å². The molecular formula is C29H35Cl2FN4O3. The second-order valence-electron chi connectivity index (χ2n) is 11.8. The zero-order chi connectivity index (χ0) is 27.9. The Morgan fingerprint density at radius 2 is 1.95 bits per heavy atom. The molecule has 0 bridgehead atoms. The number of benzene rings is 2. The predicted octanol–water partition coefficient (Wildman–Crippen LogP) is 4.33. The predicted molar refractivity (Wildman–Crippen MR) is 151 cm³/mol. The van der Waals surface area contributed by atoms with Crippen molar-refractivity contribution in [3.8, 4) is 0 Å². The Labute approximate surface area is 238 Å². The minimum Gasteiger partial charge on any atom is -0.379 e. The standard InChI is InChI=1S/C29H35Cl2FN4O3/c1-28(2,3)16-22-29(19-8-7-17(30)15-21(19)34-27(29)38)23(18-5-4-6-20(31)24(18)32)25(35-22)26(37)33-9-10-36-11-13-39-14-12-36/h4-8,15,22-23,25,35H,9-14,16H2,1-3H3,(H,33,37)(H,34,38)/t22-,23+,25-,29-/m1/s1. The van der Waals surface area contributed by atoms with E-state index in [2.05, 4.69) is 41.6 Å². The van der Waals surface area contributed by atoms with Crippen LogP contribution in [0.25, 0.3) is 0 Å². The number of halogens is 3. The first-order valence-corrected chi connectivity index (χ1v) is 14.2. The van der Waals surface area contributed by atoms with Gasteiger partial charge in [0.1, 0.15) is 11.2 Å². The van der Waals surface area contributed by atoms with Gasteiger partial charge >= 0.3 is 0 Å². The van der Waals surface area contributed by atoms with Crippen LogP contribution < -0.4 is 16.0 Å². The number of ether oxygens (including phenoxy) is 1. The van der Waals surface area contributed by atoms with Crippen molar-refractivity contribution in [3.05, 3.63) is 63.4 Å². The van der Waals surface area contributed by atoms with Crippen molar-refractivity contribution in [2.75, 3.05) is 44.7 Å². The molecule has 10 heteroatoms. The second-order valence-corrected chi connectivity index (χ2v) is 12.7. The van der Waals surface area contributed by atoms with Crippen molar-refractivity contribution in [1.29, 1.82) is 0 Å². The highest BCUT2D eigenvalue weighted by Crippen LogP contribution is 2.57. The lowest BCUT2D eigenvalue weighted by molar-refractivity contribution is -0.124. The Kier molecular flexibility index (Phi) is 7.97. The summed E-state index contributed by atoms with van der Waals surface area (Å²) in [6, 6.07) is 8.69. The minimum atomic E-state index is -1.26. The molecule has 1 spiro atoms. The summed E-state index contributed by atoms with van der Waals surface area (Å²) in [5.41, 5.74) is 0.0582. The van der Waals surface area contributed by atoms with E-state index in [1.807, 2.05) is 6.07 Å². The molecule has 3 N–H and O–H groups in total. The molecule has 4 atom stereocenters. The molecule has 210 valence electrons. The molecule has 2 fully saturated rings. The quantitative estimate of drug-likeness (QED) is 0.477. The number of nitrogens with zero attached hydrogens (tertiary/aromatic N) is 1. The maximum Gasteiger partial charge on any atom is 0.237 e. The van der Waals surface area contributed by atoms with Crippen LogP contribution in [-0.4, -0.2) is 68.2 Å². The molecule has 0 radical (unpaired) electrons. The SMILES string of the molecule is CC(C)(C)C[C@H]1N[C@@H](C(=O)NCCN2CCOCC2)[C@H](c2cccc(Cl)c2F)[C@]12C(=O)Nc1cc(Cl)ccc12. The maximum atomic E-state index is 15.8. The zero-order valence-corrected chi connectivity index (χ0v) is 24.0. The molecule has 3 aliphatic heterocycles. The van der Waals surface area contributed by atoms with Crippen LogP contribution in [0.3, 0.4) is 0 Å². The molecule has 0 aromatic heterocycles. The molecule has 3 aliphatic rings. The highest BCUT2D eigenvalue weighted by Gasteiger charge is 2.66. The topological polar surface area (TPSA) is 82.7 Å². The number of carbonyl (C=O) groups excluding carboxylic acids is 2. The van der Waals surface area contributed by atoms with Gasteiger partial charge in [0.25, 0.3) is 0 Å². The number of nitrogens with one attached hydrogen (secondary N) is 3. The summed E-state index contributed by atoms with van der Waals surface area (Å²) in [6.45, 7) is 10.3. The van der Waals surface area contributed by atoms with Crippen LogP contribution in [0.5, 0.6) is 0 Å². The number of amides is 2. The Bertz CT molecular complexity index is 1260. The van der Waals surface area contributed by atoms with Crippen LogP contribution in [0.2, 0.25) is 10.0 Å². The first-order chi connectivity index (χ1) is 18.5. The normalized spacial score (nSPS) is 27.0. The Balaban J connectivity index is 1.59. The van der Waals surface area contributed by atoms with Crippen molar-refractivity contribution in [2.24, 2.45) is 5.41 Å². The summed E-state index contributed by atoms with van der Waals surface area (Å²) in [4.78, 5) is 30.2. The van der Waals surface area contributed by atoms with E-state index in [1.54, 1.807) is 24.3 Å². The molecule has 2 amide bonds. The van der Waals surface area contributed by atoms with Gasteiger partial charge in [-0.25, -0.2) is 4.39 Å². The van der Waals surface area contributed by atoms with Crippen LogP contribution in [0.1, 0.15) is 44.2 Å². The van der Waals surface area contributed by atoms with Gasteiger partial charge in [-0.05, 0) is 41.2 Å². The Hall–Kier alpha value is -2.23. The molecule has 3 heterocycles. The molecule has 2 saturated heterocycles. The van der Waals surface area contributed by atoms with E-state index in [0.717, 1.165) is 13.1 Å². The maximum absolute atomic E-state index is 15.8. The molecular weight excluding hydrogens is 542 g/mol. The van der Waals surface area contributed by atoms with Gasteiger partial charge in [-0.3, -0.25) is 14.5 Å². The summed E-state index contributed by atoms with van der Waals surface area (Å²) in [7, 11) is 0. The molecule has 0 aliphatic carbocycles. The van der Waals surface area contributed by atoms with Gasteiger partial charge in [0, 0.05) is 48.8 Å². The first-order valence-electron chi connectivity index (χ1n) is 13.4. The van der Waals surface area contributed by atoms with Crippen molar-refractivity contribution >= 4 is 40.7 Å². The number of carbonyl (C=O) groups is 2.